The second-order valence-electron chi connectivity index (χ2n) is 9.27. The lowest BCUT2D eigenvalue weighted by molar-refractivity contribution is -0.0456. The molecule has 0 saturated carbocycles. The van der Waals surface area contributed by atoms with Gasteiger partial charge < -0.3 is 19.5 Å². The number of carbonyl (C=O) groups is 1. The van der Waals surface area contributed by atoms with E-state index in [9.17, 15) is 15.0 Å². The molecule has 0 bridgehead atoms. The molecule has 0 fully saturated rings. The maximum Gasteiger partial charge on any atom is 0.335 e. The number of aromatic carboxylic acids is 1. The van der Waals surface area contributed by atoms with Crippen molar-refractivity contribution in [3.8, 4) is 11.4 Å². The van der Waals surface area contributed by atoms with Gasteiger partial charge in [-0.3, -0.25) is 0 Å². The van der Waals surface area contributed by atoms with Gasteiger partial charge in [0.05, 0.1) is 17.7 Å². The van der Waals surface area contributed by atoms with Gasteiger partial charge in [-0.05, 0) is 43.3 Å². The molecule has 168 valence electrons. The minimum atomic E-state index is -1.25. The van der Waals surface area contributed by atoms with Gasteiger partial charge in [-0.25, -0.2) is 9.18 Å². The quantitative estimate of drug-likeness (QED) is 0.422. The Hall–Kier alpha value is -3.64. The van der Waals surface area contributed by atoms with Crippen molar-refractivity contribution in [1.82, 2.24) is 4.57 Å². The van der Waals surface area contributed by atoms with Crippen LogP contribution in [-0.2, 0) is 15.8 Å². The summed E-state index contributed by atoms with van der Waals surface area (Å²) >= 11 is 0. The van der Waals surface area contributed by atoms with Crippen LogP contribution in [0.5, 0.6) is 5.75 Å². The zero-order valence-corrected chi connectivity index (χ0v) is 18.6. The highest BCUT2D eigenvalue weighted by molar-refractivity contribution is 5.94. The van der Waals surface area contributed by atoms with Crippen LogP contribution < -0.4 is 0 Å². The number of rotatable bonds is 3. The number of hydrogen-bond donors (Lipinski definition) is 2. The van der Waals surface area contributed by atoms with Crippen LogP contribution in [0, 0.1) is 5.82 Å². The molecule has 3 aromatic carbocycles. The van der Waals surface area contributed by atoms with Gasteiger partial charge in [0.1, 0.15) is 17.2 Å². The number of phenols is 1. The average Bonchev–Trinajstić information content (AvgIpc) is 3.16. The smallest absolute Gasteiger partial charge is 0.335 e. The van der Waals surface area contributed by atoms with Crippen molar-refractivity contribution in [2.45, 2.75) is 31.8 Å². The monoisotopic (exact) mass is 445 g/mol. The number of halogens is 1. The molecule has 1 unspecified atom stereocenters. The Morgan fingerprint density at radius 1 is 1.03 bits per heavy atom. The molecular formula is C27H24FNO4. The van der Waals surface area contributed by atoms with Crippen LogP contribution in [0.3, 0.4) is 0 Å². The van der Waals surface area contributed by atoms with E-state index in [0.29, 0.717) is 17.6 Å². The lowest BCUT2D eigenvalue weighted by Gasteiger charge is -2.43. The van der Waals surface area contributed by atoms with Crippen molar-refractivity contribution < 1.29 is 24.1 Å². The number of hydrogen-bond acceptors (Lipinski definition) is 3. The van der Waals surface area contributed by atoms with Crippen LogP contribution in [0.2, 0.25) is 0 Å². The zero-order valence-electron chi connectivity index (χ0n) is 18.6. The maximum absolute atomic E-state index is 15.3. The minimum absolute atomic E-state index is 0.0773. The summed E-state index contributed by atoms with van der Waals surface area (Å²) in [7, 11) is 0. The normalized spacial score (nSPS) is 19.4. The lowest BCUT2D eigenvalue weighted by Crippen LogP contribution is -2.43. The Morgan fingerprint density at radius 3 is 2.42 bits per heavy atom. The van der Waals surface area contributed by atoms with Crippen molar-refractivity contribution in [3.63, 3.8) is 0 Å². The van der Waals surface area contributed by atoms with E-state index < -0.39 is 22.8 Å². The number of benzene rings is 3. The Morgan fingerprint density at radius 2 is 1.76 bits per heavy atom. The molecule has 5 rings (SSSR count). The molecule has 33 heavy (non-hydrogen) atoms. The van der Waals surface area contributed by atoms with Crippen LogP contribution in [0.15, 0.2) is 66.7 Å². The molecular weight excluding hydrogens is 421 g/mol. The molecule has 1 aliphatic heterocycles. The number of fused-ring (bicyclic) bond motifs is 3. The number of aromatic hydroxyl groups is 1. The summed E-state index contributed by atoms with van der Waals surface area (Å²) in [5, 5.41) is 20.8. The minimum Gasteiger partial charge on any atom is -0.507 e. The van der Waals surface area contributed by atoms with Crippen LogP contribution in [0.4, 0.5) is 4.39 Å². The Bertz CT molecular complexity index is 1410. The van der Waals surface area contributed by atoms with Crippen molar-refractivity contribution >= 4 is 16.9 Å². The van der Waals surface area contributed by atoms with E-state index in [-0.39, 0.29) is 16.9 Å². The van der Waals surface area contributed by atoms with E-state index >= 15 is 4.39 Å². The van der Waals surface area contributed by atoms with Crippen LogP contribution in [0.25, 0.3) is 16.6 Å². The Balaban J connectivity index is 1.91. The third-order valence-electron chi connectivity index (χ3n) is 6.56. The molecule has 1 aliphatic rings. The van der Waals surface area contributed by atoms with Crippen LogP contribution in [-0.4, -0.2) is 27.4 Å². The average molecular weight is 445 g/mol. The first kappa shape index (κ1) is 21.2. The molecule has 0 amide bonds. The molecule has 0 radical (unpaired) electrons. The summed E-state index contributed by atoms with van der Waals surface area (Å²) in [6.45, 7) is 6.21. The summed E-state index contributed by atoms with van der Waals surface area (Å²) in [6.07, 6.45) is 0. The summed E-state index contributed by atoms with van der Waals surface area (Å²) in [6, 6.07) is 19.0. The highest BCUT2D eigenvalue weighted by Crippen LogP contribution is 2.52. The SMILES string of the molecule is CC1(C)COC(C)(c2ccc(C(=O)O)cc2F)c2c1n(-c1ccccc1)c1cccc(O)c21. The first-order chi connectivity index (χ1) is 15.6. The van der Waals surface area contributed by atoms with Gasteiger partial charge in [-0.2, -0.15) is 0 Å². The Labute approximate surface area is 190 Å². The van der Waals surface area contributed by atoms with Gasteiger partial charge in [-0.15, -0.1) is 0 Å². The largest absolute Gasteiger partial charge is 0.507 e. The molecule has 6 heteroatoms. The fourth-order valence-electron chi connectivity index (χ4n) is 4.98. The van der Waals surface area contributed by atoms with Crippen molar-refractivity contribution in [1.29, 1.82) is 0 Å². The number of ether oxygens (including phenoxy) is 1. The van der Waals surface area contributed by atoms with Crippen molar-refractivity contribution in [2.24, 2.45) is 0 Å². The van der Waals surface area contributed by atoms with Gasteiger partial charge in [0.25, 0.3) is 0 Å². The molecule has 5 nitrogen and oxygen atoms in total. The number of nitrogens with zero attached hydrogens (tertiary/aromatic N) is 1. The van der Waals surface area contributed by atoms with Crippen LogP contribution >= 0.6 is 0 Å². The maximum atomic E-state index is 15.3. The summed E-state index contributed by atoms with van der Waals surface area (Å²) in [5.74, 6) is -1.79. The van der Waals surface area contributed by atoms with Gasteiger partial charge in [-0.1, -0.05) is 44.2 Å². The highest BCUT2D eigenvalue weighted by Gasteiger charge is 2.48. The molecule has 1 atom stereocenters. The molecule has 0 saturated heterocycles. The summed E-state index contributed by atoms with van der Waals surface area (Å²) in [4.78, 5) is 11.3. The van der Waals surface area contributed by atoms with E-state index in [1.807, 2.05) is 36.4 Å². The lowest BCUT2D eigenvalue weighted by atomic mass is 9.75. The summed E-state index contributed by atoms with van der Waals surface area (Å²) < 4.78 is 23.8. The first-order valence-electron chi connectivity index (χ1n) is 10.8. The van der Waals surface area contributed by atoms with Gasteiger partial charge in [0.2, 0.25) is 0 Å². The van der Waals surface area contributed by atoms with Crippen molar-refractivity contribution in [2.75, 3.05) is 6.61 Å². The number of para-hydroxylation sites is 1. The number of aromatic nitrogens is 1. The first-order valence-corrected chi connectivity index (χ1v) is 10.8. The topological polar surface area (TPSA) is 71.7 Å². The second-order valence-corrected chi connectivity index (χ2v) is 9.27. The second kappa shape index (κ2) is 7.18. The molecule has 2 N–H and O–H groups in total. The van der Waals surface area contributed by atoms with Gasteiger partial charge >= 0.3 is 5.97 Å². The van der Waals surface area contributed by atoms with Gasteiger partial charge in [0.15, 0.2) is 0 Å². The van der Waals surface area contributed by atoms with E-state index in [0.717, 1.165) is 23.0 Å². The third kappa shape index (κ3) is 3.05. The third-order valence-corrected chi connectivity index (χ3v) is 6.56. The predicted octanol–water partition coefficient (Wildman–Crippen LogP) is 5.74. The molecule has 1 aromatic heterocycles. The van der Waals surface area contributed by atoms with Crippen LogP contribution in [0.1, 0.15) is 48.0 Å². The van der Waals surface area contributed by atoms with E-state index in [2.05, 4.69) is 18.4 Å². The number of carboxylic acid groups (broad SMARTS) is 1. The number of carboxylic acids is 1. The van der Waals surface area contributed by atoms with Crippen molar-refractivity contribution in [3.05, 3.63) is 94.9 Å². The van der Waals surface area contributed by atoms with Gasteiger partial charge in [0, 0.05) is 33.3 Å². The molecule has 0 aliphatic carbocycles. The molecule has 0 spiro atoms. The Kier molecular flexibility index (Phi) is 4.62. The number of phenolic OH excluding ortho intramolecular Hbond substituents is 1. The zero-order chi connectivity index (χ0) is 23.5. The van der Waals surface area contributed by atoms with E-state index in [1.54, 1.807) is 19.1 Å². The van der Waals surface area contributed by atoms with E-state index in [4.69, 9.17) is 4.74 Å². The fourth-order valence-corrected chi connectivity index (χ4v) is 4.98. The molecule has 4 aromatic rings. The fraction of sp³-hybridized carbons (Fsp3) is 0.222. The standard InChI is InChI=1S/C27H24FNO4/c1-26(2)15-33-27(3,18-13-12-16(25(31)32)14-19(18)28)23-22-20(10-7-11-21(22)30)29(24(23)26)17-8-5-4-6-9-17/h4-14,30H,15H2,1-3H3,(H,31,32). The summed E-state index contributed by atoms with van der Waals surface area (Å²) in [5.41, 5.74) is 1.70. The predicted molar refractivity (Wildman–Crippen MR) is 124 cm³/mol. The van der Waals surface area contributed by atoms with E-state index in [1.165, 1.54) is 12.1 Å². The highest BCUT2D eigenvalue weighted by atomic mass is 19.1. The molecule has 2 heterocycles.